The summed E-state index contributed by atoms with van der Waals surface area (Å²) in [5.41, 5.74) is 7.43. The van der Waals surface area contributed by atoms with E-state index in [9.17, 15) is 4.79 Å². The SMILES string of the molecule is Nc1ccc(Br)c(C(=O)Nc2ccc(Cl)cc2I)c1. The Labute approximate surface area is 137 Å². The lowest BCUT2D eigenvalue weighted by molar-refractivity contribution is 0.102. The lowest BCUT2D eigenvalue weighted by Gasteiger charge is -2.09. The third-order valence-electron chi connectivity index (χ3n) is 2.41. The summed E-state index contributed by atoms with van der Waals surface area (Å²) in [6.45, 7) is 0. The smallest absolute Gasteiger partial charge is 0.256 e. The van der Waals surface area contributed by atoms with Gasteiger partial charge in [-0.05, 0) is 74.9 Å². The fraction of sp³-hybridized carbons (Fsp3) is 0. The summed E-state index contributed by atoms with van der Waals surface area (Å²) in [6.07, 6.45) is 0. The van der Waals surface area contributed by atoms with E-state index in [1.54, 1.807) is 36.4 Å². The summed E-state index contributed by atoms with van der Waals surface area (Å²) >= 11 is 11.3. The molecule has 0 radical (unpaired) electrons. The quantitative estimate of drug-likeness (QED) is 0.520. The molecule has 0 aliphatic carbocycles. The number of hydrogen-bond acceptors (Lipinski definition) is 2. The first-order valence-corrected chi connectivity index (χ1v) is 7.54. The molecule has 0 aliphatic rings. The predicted octanol–water partition coefficient (Wildman–Crippen LogP) is 4.54. The van der Waals surface area contributed by atoms with E-state index in [0.29, 0.717) is 26.4 Å². The molecule has 0 spiro atoms. The number of amides is 1. The molecule has 98 valence electrons. The summed E-state index contributed by atoms with van der Waals surface area (Å²) in [5, 5.41) is 3.46. The fourth-order valence-electron chi connectivity index (χ4n) is 1.50. The van der Waals surface area contributed by atoms with Crippen LogP contribution in [0.2, 0.25) is 5.02 Å². The van der Waals surface area contributed by atoms with Gasteiger partial charge in [-0.15, -0.1) is 0 Å². The Morgan fingerprint density at radius 1 is 1.26 bits per heavy atom. The van der Waals surface area contributed by atoms with Gasteiger partial charge in [0.05, 0.1) is 11.3 Å². The molecule has 0 aromatic heterocycles. The zero-order valence-electron chi connectivity index (χ0n) is 9.58. The van der Waals surface area contributed by atoms with E-state index in [1.807, 2.05) is 0 Å². The summed E-state index contributed by atoms with van der Waals surface area (Å²) in [6, 6.07) is 10.4. The van der Waals surface area contributed by atoms with Crippen molar-refractivity contribution in [2.24, 2.45) is 0 Å². The van der Waals surface area contributed by atoms with E-state index < -0.39 is 0 Å². The highest BCUT2D eigenvalue weighted by Crippen LogP contribution is 2.25. The number of nitrogens with two attached hydrogens (primary N) is 1. The lowest BCUT2D eigenvalue weighted by Crippen LogP contribution is -2.13. The fourth-order valence-corrected chi connectivity index (χ4v) is 2.93. The van der Waals surface area contributed by atoms with Crippen LogP contribution in [-0.4, -0.2) is 5.91 Å². The number of nitrogens with one attached hydrogen (secondary N) is 1. The highest BCUT2D eigenvalue weighted by Gasteiger charge is 2.12. The Bertz CT molecular complexity index is 649. The third-order valence-corrected chi connectivity index (χ3v) is 4.23. The maximum absolute atomic E-state index is 12.2. The predicted molar refractivity (Wildman–Crippen MR) is 90.7 cm³/mol. The average Bonchev–Trinajstić information content (AvgIpc) is 2.35. The molecule has 3 nitrogen and oxygen atoms in total. The number of nitrogen functional groups attached to an aromatic ring is 1. The molecule has 0 saturated heterocycles. The van der Waals surface area contributed by atoms with Crippen LogP contribution < -0.4 is 11.1 Å². The molecule has 2 aromatic rings. The Morgan fingerprint density at radius 3 is 2.68 bits per heavy atom. The van der Waals surface area contributed by atoms with E-state index in [4.69, 9.17) is 17.3 Å². The first kappa shape index (κ1) is 14.6. The van der Waals surface area contributed by atoms with Gasteiger partial charge in [-0.2, -0.15) is 0 Å². The topological polar surface area (TPSA) is 55.1 Å². The molecule has 19 heavy (non-hydrogen) atoms. The van der Waals surface area contributed by atoms with Gasteiger partial charge in [0.1, 0.15) is 0 Å². The minimum Gasteiger partial charge on any atom is -0.399 e. The van der Waals surface area contributed by atoms with Crippen molar-refractivity contribution in [2.45, 2.75) is 0 Å². The molecule has 0 fully saturated rings. The monoisotopic (exact) mass is 450 g/mol. The van der Waals surface area contributed by atoms with E-state index in [2.05, 4.69) is 43.8 Å². The average molecular weight is 451 g/mol. The second-order valence-electron chi connectivity index (χ2n) is 3.82. The Balaban J connectivity index is 2.28. The summed E-state index contributed by atoms with van der Waals surface area (Å²) in [7, 11) is 0. The van der Waals surface area contributed by atoms with Crippen LogP contribution in [0.25, 0.3) is 0 Å². The van der Waals surface area contributed by atoms with E-state index >= 15 is 0 Å². The van der Waals surface area contributed by atoms with Crippen LogP contribution in [0.5, 0.6) is 0 Å². The van der Waals surface area contributed by atoms with Gasteiger partial charge in [0.15, 0.2) is 0 Å². The summed E-state index contributed by atoms with van der Waals surface area (Å²) < 4.78 is 1.57. The van der Waals surface area contributed by atoms with Crippen molar-refractivity contribution in [3.63, 3.8) is 0 Å². The number of anilines is 2. The van der Waals surface area contributed by atoms with Crippen LogP contribution in [0.15, 0.2) is 40.9 Å². The minimum atomic E-state index is -0.223. The lowest BCUT2D eigenvalue weighted by atomic mass is 10.2. The number of hydrogen-bond donors (Lipinski definition) is 2. The van der Waals surface area contributed by atoms with Crippen molar-refractivity contribution >= 4 is 67.4 Å². The molecular formula is C13H9BrClIN2O. The number of rotatable bonds is 2. The maximum atomic E-state index is 12.2. The van der Waals surface area contributed by atoms with Crippen molar-refractivity contribution in [1.82, 2.24) is 0 Å². The van der Waals surface area contributed by atoms with Gasteiger partial charge in [-0.25, -0.2) is 0 Å². The normalized spacial score (nSPS) is 10.3. The molecule has 0 atom stereocenters. The molecule has 0 heterocycles. The molecule has 3 N–H and O–H groups in total. The Morgan fingerprint density at radius 2 is 2.00 bits per heavy atom. The van der Waals surface area contributed by atoms with E-state index in [1.165, 1.54) is 0 Å². The zero-order chi connectivity index (χ0) is 14.0. The van der Waals surface area contributed by atoms with Crippen LogP contribution in [0.3, 0.4) is 0 Å². The second-order valence-corrected chi connectivity index (χ2v) is 6.27. The summed E-state index contributed by atoms with van der Waals surface area (Å²) in [4.78, 5) is 12.2. The van der Waals surface area contributed by atoms with Crippen molar-refractivity contribution in [1.29, 1.82) is 0 Å². The van der Waals surface area contributed by atoms with Crippen LogP contribution in [0, 0.1) is 3.57 Å². The minimum absolute atomic E-state index is 0.223. The third kappa shape index (κ3) is 3.61. The maximum Gasteiger partial charge on any atom is 0.256 e. The van der Waals surface area contributed by atoms with Crippen LogP contribution in [-0.2, 0) is 0 Å². The molecular weight excluding hydrogens is 442 g/mol. The van der Waals surface area contributed by atoms with Crippen molar-refractivity contribution in [2.75, 3.05) is 11.1 Å². The van der Waals surface area contributed by atoms with Crippen LogP contribution >= 0.6 is 50.1 Å². The number of carbonyl (C=O) groups excluding carboxylic acids is 1. The molecule has 0 saturated carbocycles. The number of benzene rings is 2. The first-order valence-electron chi connectivity index (χ1n) is 5.29. The van der Waals surface area contributed by atoms with E-state index in [-0.39, 0.29) is 5.91 Å². The molecule has 2 rings (SSSR count). The molecule has 6 heteroatoms. The number of halogens is 3. The molecule has 0 bridgehead atoms. The van der Waals surface area contributed by atoms with Gasteiger partial charge in [0, 0.05) is 18.8 Å². The van der Waals surface area contributed by atoms with Gasteiger partial charge < -0.3 is 11.1 Å². The van der Waals surface area contributed by atoms with Gasteiger partial charge >= 0.3 is 0 Å². The number of carbonyl (C=O) groups is 1. The molecule has 0 aliphatic heterocycles. The van der Waals surface area contributed by atoms with Crippen LogP contribution in [0.1, 0.15) is 10.4 Å². The van der Waals surface area contributed by atoms with Crippen molar-refractivity contribution in [3.8, 4) is 0 Å². The first-order chi connectivity index (χ1) is 8.97. The standard InChI is InChI=1S/C13H9BrClIN2O/c14-10-3-2-8(17)6-9(10)13(19)18-12-4-1-7(15)5-11(12)16/h1-6H,17H2,(H,18,19). The van der Waals surface area contributed by atoms with Gasteiger partial charge in [-0.3, -0.25) is 4.79 Å². The van der Waals surface area contributed by atoms with Crippen LogP contribution in [0.4, 0.5) is 11.4 Å². The summed E-state index contributed by atoms with van der Waals surface area (Å²) in [5.74, 6) is -0.223. The van der Waals surface area contributed by atoms with Gasteiger partial charge in [0.2, 0.25) is 0 Å². The molecule has 2 aromatic carbocycles. The van der Waals surface area contributed by atoms with Gasteiger partial charge in [0.25, 0.3) is 5.91 Å². The highest BCUT2D eigenvalue weighted by molar-refractivity contribution is 14.1. The molecule has 1 amide bonds. The van der Waals surface area contributed by atoms with Crippen molar-refractivity contribution in [3.05, 3.63) is 55.0 Å². The molecule has 0 unspecified atom stereocenters. The highest BCUT2D eigenvalue weighted by atomic mass is 127. The van der Waals surface area contributed by atoms with Gasteiger partial charge in [-0.1, -0.05) is 11.6 Å². The van der Waals surface area contributed by atoms with E-state index in [0.717, 1.165) is 3.57 Å². The van der Waals surface area contributed by atoms with Crippen molar-refractivity contribution < 1.29 is 4.79 Å². The Kier molecular flexibility index (Phi) is 4.70. The second kappa shape index (κ2) is 6.11. The largest absolute Gasteiger partial charge is 0.399 e. The Hall–Kier alpha value is -0.790. The zero-order valence-corrected chi connectivity index (χ0v) is 14.1.